The standard InChI is InChI=1S/C15H29NO2S/c1-12(2)16(14-7-5-4-6-8-14)15(18)11-19-10-13(3)9-17/h12-14,17H,4-11H2,1-3H3. The van der Waals surface area contributed by atoms with E-state index in [1.807, 2.05) is 6.92 Å². The van der Waals surface area contributed by atoms with Crippen LogP contribution < -0.4 is 0 Å². The Balaban J connectivity index is 2.43. The van der Waals surface area contributed by atoms with E-state index in [1.165, 1.54) is 32.1 Å². The first-order valence-electron chi connectivity index (χ1n) is 7.56. The summed E-state index contributed by atoms with van der Waals surface area (Å²) in [6, 6.07) is 0.753. The van der Waals surface area contributed by atoms with Crippen LogP contribution in [0.5, 0.6) is 0 Å². The van der Waals surface area contributed by atoms with Crippen LogP contribution in [-0.2, 0) is 4.79 Å². The van der Waals surface area contributed by atoms with Gasteiger partial charge < -0.3 is 10.0 Å². The van der Waals surface area contributed by atoms with Crippen LogP contribution in [0.25, 0.3) is 0 Å². The summed E-state index contributed by atoms with van der Waals surface area (Å²) in [5, 5.41) is 8.99. The van der Waals surface area contributed by atoms with Gasteiger partial charge in [-0.05, 0) is 38.4 Å². The maximum Gasteiger partial charge on any atom is 0.233 e. The lowest BCUT2D eigenvalue weighted by Gasteiger charge is -2.37. The van der Waals surface area contributed by atoms with Crippen LogP contribution in [-0.4, -0.2) is 46.1 Å². The molecule has 112 valence electrons. The molecule has 1 fully saturated rings. The quantitative estimate of drug-likeness (QED) is 0.782. The lowest BCUT2D eigenvalue weighted by Crippen LogP contribution is -2.46. The van der Waals surface area contributed by atoms with Crippen LogP contribution in [0.3, 0.4) is 0 Å². The molecule has 1 aliphatic carbocycles. The summed E-state index contributed by atoms with van der Waals surface area (Å²) in [6.07, 6.45) is 6.17. The van der Waals surface area contributed by atoms with E-state index in [0.29, 0.717) is 17.8 Å². The zero-order valence-corrected chi connectivity index (χ0v) is 13.4. The molecule has 0 saturated heterocycles. The summed E-state index contributed by atoms with van der Waals surface area (Å²) >= 11 is 1.65. The van der Waals surface area contributed by atoms with Crippen molar-refractivity contribution in [1.29, 1.82) is 0 Å². The van der Waals surface area contributed by atoms with Crippen molar-refractivity contribution in [2.75, 3.05) is 18.1 Å². The van der Waals surface area contributed by atoms with Crippen molar-refractivity contribution in [3.8, 4) is 0 Å². The van der Waals surface area contributed by atoms with Gasteiger partial charge in [0.25, 0.3) is 0 Å². The predicted molar refractivity (Wildman–Crippen MR) is 82.4 cm³/mol. The van der Waals surface area contributed by atoms with Gasteiger partial charge in [-0.3, -0.25) is 4.79 Å². The second-order valence-corrected chi connectivity index (χ2v) is 7.02. The van der Waals surface area contributed by atoms with Gasteiger partial charge in [-0.15, -0.1) is 0 Å². The van der Waals surface area contributed by atoms with Crippen molar-refractivity contribution in [2.45, 2.75) is 65.0 Å². The van der Waals surface area contributed by atoms with E-state index < -0.39 is 0 Å². The summed E-state index contributed by atoms with van der Waals surface area (Å²) in [6.45, 7) is 6.46. The van der Waals surface area contributed by atoms with Crippen LogP contribution in [0.4, 0.5) is 0 Å². The Bertz CT molecular complexity index is 265. The average Bonchev–Trinajstić information content (AvgIpc) is 2.39. The van der Waals surface area contributed by atoms with E-state index in [9.17, 15) is 4.79 Å². The van der Waals surface area contributed by atoms with Crippen molar-refractivity contribution in [3.63, 3.8) is 0 Å². The number of thioether (sulfide) groups is 1. The minimum Gasteiger partial charge on any atom is -0.396 e. The van der Waals surface area contributed by atoms with Gasteiger partial charge in [0, 0.05) is 18.7 Å². The Morgan fingerprint density at radius 3 is 2.42 bits per heavy atom. The highest BCUT2D eigenvalue weighted by Crippen LogP contribution is 2.25. The molecule has 0 bridgehead atoms. The molecule has 1 rings (SSSR count). The van der Waals surface area contributed by atoms with Crippen molar-refractivity contribution < 1.29 is 9.90 Å². The van der Waals surface area contributed by atoms with Gasteiger partial charge in [0.1, 0.15) is 0 Å². The zero-order chi connectivity index (χ0) is 14.3. The van der Waals surface area contributed by atoms with E-state index in [4.69, 9.17) is 5.11 Å². The molecule has 0 radical (unpaired) electrons. The maximum atomic E-state index is 12.4. The van der Waals surface area contributed by atoms with Gasteiger partial charge >= 0.3 is 0 Å². The van der Waals surface area contributed by atoms with Crippen molar-refractivity contribution >= 4 is 17.7 Å². The largest absolute Gasteiger partial charge is 0.396 e. The summed E-state index contributed by atoms with van der Waals surface area (Å²) < 4.78 is 0. The monoisotopic (exact) mass is 287 g/mol. The molecule has 1 aliphatic rings. The van der Waals surface area contributed by atoms with Gasteiger partial charge in [-0.25, -0.2) is 0 Å². The minimum absolute atomic E-state index is 0.206. The molecule has 0 aliphatic heterocycles. The Hall–Kier alpha value is -0.220. The average molecular weight is 287 g/mol. The fraction of sp³-hybridized carbons (Fsp3) is 0.933. The van der Waals surface area contributed by atoms with Gasteiger partial charge in [0.15, 0.2) is 0 Å². The van der Waals surface area contributed by atoms with Crippen LogP contribution >= 0.6 is 11.8 Å². The highest BCUT2D eigenvalue weighted by molar-refractivity contribution is 7.99. The number of carbonyl (C=O) groups excluding carboxylic acids is 1. The molecule has 1 atom stereocenters. The Labute approximate surface area is 122 Å². The SMILES string of the molecule is CC(CO)CSCC(=O)N(C(C)C)C1CCCCC1. The summed E-state index contributed by atoms with van der Waals surface area (Å²) in [5.41, 5.74) is 0. The van der Waals surface area contributed by atoms with Crippen molar-refractivity contribution in [2.24, 2.45) is 5.92 Å². The molecule has 19 heavy (non-hydrogen) atoms. The van der Waals surface area contributed by atoms with Gasteiger partial charge in [-0.1, -0.05) is 26.2 Å². The number of nitrogens with zero attached hydrogens (tertiary/aromatic N) is 1. The van der Waals surface area contributed by atoms with E-state index in [-0.39, 0.29) is 18.4 Å². The second kappa shape index (κ2) is 8.85. The second-order valence-electron chi connectivity index (χ2n) is 5.99. The molecular formula is C15H29NO2S. The van der Waals surface area contributed by atoms with Crippen molar-refractivity contribution in [3.05, 3.63) is 0 Å². The Morgan fingerprint density at radius 1 is 1.26 bits per heavy atom. The smallest absolute Gasteiger partial charge is 0.233 e. The summed E-state index contributed by atoms with van der Waals surface area (Å²) in [7, 11) is 0. The number of hydrogen-bond donors (Lipinski definition) is 1. The van der Waals surface area contributed by atoms with Crippen LogP contribution in [0.2, 0.25) is 0 Å². The molecule has 1 unspecified atom stereocenters. The summed E-state index contributed by atoms with van der Waals surface area (Å²) in [5.74, 6) is 1.97. The number of carbonyl (C=O) groups is 1. The lowest BCUT2D eigenvalue weighted by atomic mass is 9.93. The van der Waals surface area contributed by atoms with E-state index in [0.717, 1.165) is 5.75 Å². The molecule has 0 heterocycles. The number of rotatable bonds is 7. The number of aliphatic hydroxyl groups is 1. The molecule has 0 aromatic rings. The topological polar surface area (TPSA) is 40.5 Å². The molecular weight excluding hydrogens is 258 g/mol. The number of amides is 1. The first-order valence-corrected chi connectivity index (χ1v) is 8.71. The normalized spacial score (nSPS) is 18.6. The van der Waals surface area contributed by atoms with Gasteiger partial charge in [-0.2, -0.15) is 11.8 Å². The molecule has 1 amide bonds. The van der Waals surface area contributed by atoms with Gasteiger partial charge in [0.05, 0.1) is 5.75 Å². The first-order chi connectivity index (χ1) is 9.06. The van der Waals surface area contributed by atoms with E-state index >= 15 is 0 Å². The number of hydrogen-bond acceptors (Lipinski definition) is 3. The van der Waals surface area contributed by atoms with E-state index in [2.05, 4.69) is 18.7 Å². The van der Waals surface area contributed by atoms with Gasteiger partial charge in [0.2, 0.25) is 5.91 Å². The highest BCUT2D eigenvalue weighted by Gasteiger charge is 2.27. The third kappa shape index (κ3) is 5.74. The molecule has 0 aromatic carbocycles. The number of aliphatic hydroxyl groups excluding tert-OH is 1. The predicted octanol–water partition coefficient (Wildman–Crippen LogP) is 2.92. The fourth-order valence-electron chi connectivity index (χ4n) is 2.75. The maximum absolute atomic E-state index is 12.4. The third-order valence-corrected chi connectivity index (χ3v) is 5.01. The third-order valence-electron chi connectivity index (χ3n) is 3.75. The molecule has 4 heteroatoms. The van der Waals surface area contributed by atoms with Crippen LogP contribution in [0.15, 0.2) is 0 Å². The molecule has 1 saturated carbocycles. The lowest BCUT2D eigenvalue weighted by molar-refractivity contribution is -0.133. The van der Waals surface area contributed by atoms with Crippen LogP contribution in [0, 0.1) is 5.92 Å². The molecule has 0 spiro atoms. The summed E-state index contributed by atoms with van der Waals surface area (Å²) in [4.78, 5) is 14.5. The fourth-order valence-corrected chi connectivity index (χ4v) is 3.70. The minimum atomic E-state index is 0.206. The Kier molecular flexibility index (Phi) is 7.84. The zero-order valence-electron chi connectivity index (χ0n) is 12.6. The van der Waals surface area contributed by atoms with Crippen molar-refractivity contribution in [1.82, 2.24) is 4.90 Å². The highest BCUT2D eigenvalue weighted by atomic mass is 32.2. The Morgan fingerprint density at radius 2 is 1.89 bits per heavy atom. The molecule has 1 N–H and O–H groups in total. The van der Waals surface area contributed by atoms with E-state index in [1.54, 1.807) is 11.8 Å². The molecule has 3 nitrogen and oxygen atoms in total. The van der Waals surface area contributed by atoms with Crippen LogP contribution in [0.1, 0.15) is 52.9 Å². The first kappa shape index (κ1) is 16.8. The molecule has 0 aromatic heterocycles.